The second-order valence-corrected chi connectivity index (χ2v) is 5.25. The number of nitrogens with zero attached hydrogens (tertiary/aromatic N) is 3. The first-order chi connectivity index (χ1) is 9.12. The van der Waals surface area contributed by atoms with Gasteiger partial charge in [0.05, 0.1) is 4.90 Å². The van der Waals surface area contributed by atoms with E-state index in [-0.39, 0.29) is 4.90 Å². The Bertz CT molecular complexity index is 705. The maximum Gasteiger partial charge on any atom is 0.264 e. The van der Waals surface area contributed by atoms with E-state index in [0.29, 0.717) is 0 Å². The first-order valence-electron chi connectivity index (χ1n) is 5.35. The summed E-state index contributed by atoms with van der Waals surface area (Å²) in [5.41, 5.74) is 9.82. The number of hydrogen-bond acceptors (Lipinski definition) is 3. The smallest absolute Gasteiger partial charge is 0.264 e. The molecule has 96 valence electrons. The molecule has 7 heteroatoms. The fourth-order valence-electron chi connectivity index (χ4n) is 1.49. The molecule has 0 spiro atoms. The molecule has 0 aromatic heterocycles. The molecule has 2 aromatic rings. The SMILES string of the molecule is [N-]=[N+]=NS(=O)(=O)c1ccc(Nc2ccccc2)cc1. The number of para-hydroxylation sites is 1. The van der Waals surface area contributed by atoms with Crippen molar-refractivity contribution in [1.29, 1.82) is 0 Å². The Labute approximate surface area is 110 Å². The number of azide groups is 1. The molecule has 6 nitrogen and oxygen atoms in total. The number of anilines is 2. The van der Waals surface area contributed by atoms with E-state index in [4.69, 9.17) is 5.53 Å². The van der Waals surface area contributed by atoms with Gasteiger partial charge in [-0.05, 0) is 41.9 Å². The lowest BCUT2D eigenvalue weighted by Gasteiger charge is -2.06. The van der Waals surface area contributed by atoms with Gasteiger partial charge in [-0.2, -0.15) is 0 Å². The van der Waals surface area contributed by atoms with Crippen molar-refractivity contribution in [2.45, 2.75) is 4.90 Å². The summed E-state index contributed by atoms with van der Waals surface area (Å²) in [6.07, 6.45) is 0. The Kier molecular flexibility index (Phi) is 3.70. The van der Waals surface area contributed by atoms with Crippen LogP contribution in [0.4, 0.5) is 11.4 Å². The first-order valence-corrected chi connectivity index (χ1v) is 6.79. The fraction of sp³-hybridized carbons (Fsp3) is 0. The van der Waals surface area contributed by atoms with Gasteiger partial charge in [0, 0.05) is 20.8 Å². The zero-order chi connectivity index (χ0) is 13.7. The second-order valence-electron chi connectivity index (χ2n) is 3.66. The van der Waals surface area contributed by atoms with E-state index in [1.807, 2.05) is 30.3 Å². The molecule has 0 saturated heterocycles. The van der Waals surface area contributed by atoms with Crippen LogP contribution in [0, 0.1) is 0 Å². The summed E-state index contributed by atoms with van der Waals surface area (Å²) in [5.74, 6) is 0. The maximum atomic E-state index is 11.5. The number of benzene rings is 2. The Morgan fingerprint density at radius 1 is 0.947 bits per heavy atom. The topological polar surface area (TPSA) is 94.9 Å². The molecule has 0 aliphatic heterocycles. The molecule has 1 N–H and O–H groups in total. The normalized spacial score (nSPS) is 10.5. The second kappa shape index (κ2) is 5.43. The molecule has 0 aliphatic carbocycles. The van der Waals surface area contributed by atoms with Crippen molar-refractivity contribution in [3.63, 3.8) is 0 Å². The van der Waals surface area contributed by atoms with Crippen molar-refractivity contribution in [3.05, 3.63) is 65.0 Å². The molecule has 0 bridgehead atoms. The average Bonchev–Trinajstić information content (AvgIpc) is 2.40. The molecule has 0 aliphatic rings. The predicted molar refractivity (Wildman–Crippen MR) is 72.5 cm³/mol. The predicted octanol–water partition coefficient (Wildman–Crippen LogP) is 3.43. The van der Waals surface area contributed by atoms with Crippen molar-refractivity contribution < 1.29 is 8.42 Å². The highest BCUT2D eigenvalue weighted by Gasteiger charge is 2.11. The van der Waals surface area contributed by atoms with Gasteiger partial charge in [-0.3, -0.25) is 0 Å². The van der Waals surface area contributed by atoms with E-state index >= 15 is 0 Å². The van der Waals surface area contributed by atoms with Gasteiger partial charge >= 0.3 is 0 Å². The minimum atomic E-state index is -3.92. The van der Waals surface area contributed by atoms with Crippen LogP contribution in [-0.4, -0.2) is 8.42 Å². The van der Waals surface area contributed by atoms with Gasteiger partial charge in [-0.25, -0.2) is 8.42 Å². The van der Waals surface area contributed by atoms with Crippen LogP contribution in [0.5, 0.6) is 0 Å². The van der Waals surface area contributed by atoms with Gasteiger partial charge in [-0.1, -0.05) is 18.2 Å². The van der Waals surface area contributed by atoms with Crippen molar-refractivity contribution in [3.8, 4) is 0 Å². The molecule has 0 atom stereocenters. The highest BCUT2D eigenvalue weighted by atomic mass is 32.2. The van der Waals surface area contributed by atoms with E-state index in [2.05, 4.69) is 14.7 Å². The highest BCUT2D eigenvalue weighted by molar-refractivity contribution is 7.90. The van der Waals surface area contributed by atoms with Crippen LogP contribution in [0.15, 0.2) is 64.0 Å². The molecule has 0 unspecified atom stereocenters. The molecular formula is C12H10N4O2S. The molecule has 0 radical (unpaired) electrons. The molecule has 2 rings (SSSR count). The third kappa shape index (κ3) is 3.25. The zero-order valence-corrected chi connectivity index (χ0v) is 10.6. The molecule has 2 aromatic carbocycles. The number of sulfonamides is 1. The Morgan fingerprint density at radius 3 is 2.11 bits per heavy atom. The van der Waals surface area contributed by atoms with Gasteiger partial charge in [0.25, 0.3) is 10.0 Å². The summed E-state index contributed by atoms with van der Waals surface area (Å²) in [6.45, 7) is 0. The average molecular weight is 274 g/mol. The Morgan fingerprint density at radius 2 is 1.53 bits per heavy atom. The third-order valence-corrected chi connectivity index (χ3v) is 3.51. The minimum Gasteiger partial charge on any atom is -0.356 e. The largest absolute Gasteiger partial charge is 0.356 e. The summed E-state index contributed by atoms with van der Waals surface area (Å²) < 4.78 is 25.7. The number of nitrogens with one attached hydrogen (secondary N) is 1. The first kappa shape index (κ1) is 12.9. The monoisotopic (exact) mass is 274 g/mol. The van der Waals surface area contributed by atoms with Crippen molar-refractivity contribution in [1.82, 2.24) is 0 Å². The number of rotatable bonds is 4. The lowest BCUT2D eigenvalue weighted by Crippen LogP contribution is -1.96. The lowest BCUT2D eigenvalue weighted by molar-refractivity contribution is 0.597. The van der Waals surface area contributed by atoms with Crippen molar-refractivity contribution in [2.24, 2.45) is 4.52 Å². The highest BCUT2D eigenvalue weighted by Crippen LogP contribution is 2.19. The summed E-state index contributed by atoms with van der Waals surface area (Å²) in [6, 6.07) is 15.5. The van der Waals surface area contributed by atoms with E-state index in [1.165, 1.54) is 12.1 Å². The molecule has 0 heterocycles. The van der Waals surface area contributed by atoms with Crippen LogP contribution in [0.3, 0.4) is 0 Å². The van der Waals surface area contributed by atoms with Crippen LogP contribution in [-0.2, 0) is 10.0 Å². The quantitative estimate of drug-likeness (QED) is 0.525. The Balaban J connectivity index is 2.22. The van der Waals surface area contributed by atoms with Crippen LogP contribution in [0.1, 0.15) is 0 Å². The molecule has 0 amide bonds. The molecular weight excluding hydrogens is 264 g/mol. The van der Waals surface area contributed by atoms with Crippen LogP contribution >= 0.6 is 0 Å². The van der Waals surface area contributed by atoms with E-state index in [1.54, 1.807) is 12.1 Å². The fourth-order valence-corrected chi connectivity index (χ4v) is 2.16. The lowest BCUT2D eigenvalue weighted by atomic mass is 10.3. The van der Waals surface area contributed by atoms with Gasteiger partial charge in [0.15, 0.2) is 0 Å². The zero-order valence-electron chi connectivity index (χ0n) is 9.76. The summed E-state index contributed by atoms with van der Waals surface area (Å²) >= 11 is 0. The minimum absolute atomic E-state index is 0.0380. The standard InChI is InChI=1S/C12H10N4O2S/c13-15-16-19(17,18)12-8-6-11(7-9-12)14-10-4-2-1-3-5-10/h1-9,14H. The summed E-state index contributed by atoms with van der Waals surface area (Å²) in [5, 5.41) is 3.12. The van der Waals surface area contributed by atoms with E-state index in [9.17, 15) is 8.42 Å². The van der Waals surface area contributed by atoms with Crippen LogP contribution < -0.4 is 5.32 Å². The summed E-state index contributed by atoms with van der Waals surface area (Å²) in [4.78, 5) is 2.26. The number of hydrogen-bond donors (Lipinski definition) is 1. The van der Waals surface area contributed by atoms with Gasteiger partial charge < -0.3 is 5.32 Å². The molecule has 19 heavy (non-hydrogen) atoms. The van der Waals surface area contributed by atoms with Gasteiger partial charge in [0.2, 0.25) is 0 Å². The molecule has 0 fully saturated rings. The van der Waals surface area contributed by atoms with Crippen LogP contribution in [0.2, 0.25) is 0 Å². The van der Waals surface area contributed by atoms with E-state index < -0.39 is 10.0 Å². The van der Waals surface area contributed by atoms with Crippen LogP contribution in [0.25, 0.3) is 10.4 Å². The third-order valence-electron chi connectivity index (χ3n) is 2.36. The summed E-state index contributed by atoms with van der Waals surface area (Å²) in [7, 11) is -3.92. The Hall–Kier alpha value is -2.50. The van der Waals surface area contributed by atoms with Crippen molar-refractivity contribution in [2.75, 3.05) is 5.32 Å². The molecule has 0 saturated carbocycles. The maximum absolute atomic E-state index is 11.5. The van der Waals surface area contributed by atoms with E-state index in [0.717, 1.165) is 11.4 Å². The van der Waals surface area contributed by atoms with Gasteiger partial charge in [-0.15, -0.1) is 0 Å². The van der Waals surface area contributed by atoms with Crippen molar-refractivity contribution >= 4 is 21.4 Å². The van der Waals surface area contributed by atoms with Gasteiger partial charge in [0.1, 0.15) is 0 Å².